The summed E-state index contributed by atoms with van der Waals surface area (Å²) >= 11 is 6.28. The van der Waals surface area contributed by atoms with Crippen molar-refractivity contribution in [1.29, 1.82) is 0 Å². The summed E-state index contributed by atoms with van der Waals surface area (Å²) in [5, 5.41) is 7.43. The fourth-order valence-corrected chi connectivity index (χ4v) is 3.17. The molecule has 0 spiro atoms. The van der Waals surface area contributed by atoms with Crippen molar-refractivity contribution in [3.63, 3.8) is 0 Å². The highest BCUT2D eigenvalue weighted by Gasteiger charge is 2.23. The average molecular weight is 372 g/mol. The molecule has 0 amide bonds. The first-order chi connectivity index (χ1) is 12.6. The first kappa shape index (κ1) is 16.6. The molecule has 2 aromatic carbocycles. The Morgan fingerprint density at radius 3 is 2.85 bits per heavy atom. The Balaban J connectivity index is 1.68. The molecule has 0 saturated carbocycles. The van der Waals surface area contributed by atoms with Gasteiger partial charge >= 0.3 is 0 Å². The van der Waals surface area contributed by atoms with Crippen molar-refractivity contribution in [1.82, 2.24) is 9.78 Å². The molecular formula is C19H15ClFN3O2. The van der Waals surface area contributed by atoms with Crippen LogP contribution in [0, 0.1) is 5.82 Å². The van der Waals surface area contributed by atoms with E-state index in [-0.39, 0.29) is 16.9 Å². The lowest BCUT2D eigenvalue weighted by Gasteiger charge is -2.27. The molecule has 26 heavy (non-hydrogen) atoms. The molecule has 4 rings (SSSR count). The Kier molecular flexibility index (Phi) is 4.34. The number of benzene rings is 2. The van der Waals surface area contributed by atoms with E-state index in [0.29, 0.717) is 35.7 Å². The van der Waals surface area contributed by atoms with Gasteiger partial charge in [-0.05, 0) is 30.3 Å². The molecule has 1 aromatic heterocycles. The predicted molar refractivity (Wildman–Crippen MR) is 97.7 cm³/mol. The molecule has 3 aromatic rings. The topological polar surface area (TPSA) is 56.1 Å². The summed E-state index contributed by atoms with van der Waals surface area (Å²) in [7, 11) is 0. The number of para-hydroxylation sites is 1. The van der Waals surface area contributed by atoms with Gasteiger partial charge in [-0.1, -0.05) is 29.8 Å². The zero-order valence-electron chi connectivity index (χ0n) is 13.7. The second-order valence-electron chi connectivity index (χ2n) is 5.94. The van der Waals surface area contributed by atoms with Crippen LogP contribution in [0.15, 0.2) is 59.5 Å². The number of ether oxygens (including phenoxy) is 1. The highest BCUT2D eigenvalue weighted by Crippen LogP contribution is 2.35. The van der Waals surface area contributed by atoms with E-state index in [2.05, 4.69) is 10.4 Å². The number of rotatable bonds is 3. The van der Waals surface area contributed by atoms with E-state index in [9.17, 15) is 9.18 Å². The van der Waals surface area contributed by atoms with E-state index in [0.717, 1.165) is 0 Å². The fraction of sp³-hybridized carbons (Fsp3) is 0.158. The third-order valence-electron chi connectivity index (χ3n) is 4.26. The van der Waals surface area contributed by atoms with Gasteiger partial charge in [0, 0.05) is 12.0 Å². The lowest BCUT2D eigenvalue weighted by molar-refractivity contribution is 0.273. The highest BCUT2D eigenvalue weighted by atomic mass is 35.5. The van der Waals surface area contributed by atoms with Crippen LogP contribution >= 0.6 is 11.6 Å². The molecule has 2 heterocycles. The lowest BCUT2D eigenvalue weighted by Crippen LogP contribution is -2.25. The molecule has 1 atom stereocenters. The van der Waals surface area contributed by atoms with E-state index in [4.69, 9.17) is 16.3 Å². The summed E-state index contributed by atoms with van der Waals surface area (Å²) in [6.45, 7) is 0.489. The van der Waals surface area contributed by atoms with Crippen molar-refractivity contribution in [3.05, 3.63) is 81.5 Å². The minimum absolute atomic E-state index is 0.0355. The van der Waals surface area contributed by atoms with Gasteiger partial charge < -0.3 is 10.1 Å². The number of anilines is 1. The van der Waals surface area contributed by atoms with Gasteiger partial charge in [-0.15, -0.1) is 0 Å². The van der Waals surface area contributed by atoms with Crippen LogP contribution in [0.2, 0.25) is 5.02 Å². The maximum atomic E-state index is 13.6. The van der Waals surface area contributed by atoms with Crippen LogP contribution in [0.25, 0.3) is 5.69 Å². The van der Waals surface area contributed by atoms with Crippen molar-refractivity contribution < 1.29 is 9.13 Å². The summed E-state index contributed by atoms with van der Waals surface area (Å²) < 4.78 is 20.4. The van der Waals surface area contributed by atoms with Gasteiger partial charge in [0.2, 0.25) is 0 Å². The number of halogens is 2. The molecule has 0 saturated heterocycles. The van der Waals surface area contributed by atoms with Crippen molar-refractivity contribution in [2.75, 3.05) is 11.9 Å². The molecule has 1 N–H and O–H groups in total. The first-order valence-corrected chi connectivity index (χ1v) is 8.53. The maximum absolute atomic E-state index is 13.6. The molecule has 1 unspecified atom stereocenters. The van der Waals surface area contributed by atoms with Gasteiger partial charge in [-0.2, -0.15) is 9.78 Å². The van der Waals surface area contributed by atoms with Crippen LogP contribution in [-0.2, 0) is 0 Å². The van der Waals surface area contributed by atoms with Gasteiger partial charge in [0.05, 0.1) is 30.2 Å². The van der Waals surface area contributed by atoms with E-state index in [1.165, 1.54) is 23.0 Å². The molecule has 1 aliphatic heterocycles. The van der Waals surface area contributed by atoms with Gasteiger partial charge in [0.1, 0.15) is 16.6 Å². The molecule has 1 aliphatic rings. The summed E-state index contributed by atoms with van der Waals surface area (Å²) in [6, 6.07) is 13.2. The first-order valence-electron chi connectivity index (χ1n) is 8.15. The summed E-state index contributed by atoms with van der Waals surface area (Å²) in [5.41, 5.74) is 1.31. The Bertz CT molecular complexity index is 1010. The zero-order valence-corrected chi connectivity index (χ0v) is 14.4. The van der Waals surface area contributed by atoms with Gasteiger partial charge in [-0.3, -0.25) is 4.79 Å². The molecule has 0 aliphatic carbocycles. The van der Waals surface area contributed by atoms with Crippen molar-refractivity contribution in [3.8, 4) is 11.4 Å². The zero-order chi connectivity index (χ0) is 18.1. The molecule has 132 valence electrons. The molecule has 7 heteroatoms. The number of fused-ring (bicyclic) bond motifs is 1. The fourth-order valence-electron chi connectivity index (χ4n) is 2.99. The Morgan fingerprint density at radius 2 is 2.04 bits per heavy atom. The second-order valence-corrected chi connectivity index (χ2v) is 6.32. The van der Waals surface area contributed by atoms with Gasteiger partial charge in [0.15, 0.2) is 0 Å². The third kappa shape index (κ3) is 3.04. The molecule has 5 nitrogen and oxygen atoms in total. The van der Waals surface area contributed by atoms with Crippen LogP contribution in [0.5, 0.6) is 5.75 Å². The quantitative estimate of drug-likeness (QED) is 0.757. The molecule has 0 bridgehead atoms. The normalized spacial score (nSPS) is 15.8. The average Bonchev–Trinajstić information content (AvgIpc) is 2.67. The second kappa shape index (κ2) is 6.80. The van der Waals surface area contributed by atoms with Crippen LogP contribution in [0.3, 0.4) is 0 Å². The summed E-state index contributed by atoms with van der Waals surface area (Å²) in [4.78, 5) is 12.6. The minimum atomic E-state index is -0.422. The number of hydrogen-bond acceptors (Lipinski definition) is 4. The molecule has 0 radical (unpaired) electrons. The van der Waals surface area contributed by atoms with Crippen molar-refractivity contribution in [2.45, 2.75) is 12.5 Å². The molecule has 0 fully saturated rings. The van der Waals surface area contributed by atoms with Crippen molar-refractivity contribution >= 4 is 17.3 Å². The number of aromatic nitrogens is 2. The summed E-state index contributed by atoms with van der Waals surface area (Å²) in [6.07, 6.45) is 2.12. The SMILES string of the molecule is O=c1c(Cl)c(NC2CCOc3ccc(F)cc32)cnn1-c1ccccc1. The largest absolute Gasteiger partial charge is 0.493 e. The smallest absolute Gasteiger partial charge is 0.292 e. The summed E-state index contributed by atoms with van der Waals surface area (Å²) in [5.74, 6) is 0.279. The standard InChI is InChI=1S/C19H15ClFN3O2/c20-18-16(11-22-24(19(18)25)13-4-2-1-3-5-13)23-15-8-9-26-17-7-6-12(21)10-14(15)17/h1-7,10-11,15,23H,8-9H2. The van der Waals surface area contributed by atoms with Gasteiger partial charge in [-0.25, -0.2) is 4.39 Å². The number of nitrogens with one attached hydrogen (secondary N) is 1. The monoisotopic (exact) mass is 371 g/mol. The van der Waals surface area contributed by atoms with Crippen LogP contribution < -0.4 is 15.6 Å². The Hall–Kier alpha value is -2.86. The van der Waals surface area contributed by atoms with Crippen LogP contribution in [-0.4, -0.2) is 16.4 Å². The van der Waals surface area contributed by atoms with E-state index < -0.39 is 5.56 Å². The number of nitrogens with zero attached hydrogens (tertiary/aromatic N) is 2. The van der Waals surface area contributed by atoms with Crippen LogP contribution in [0.1, 0.15) is 18.0 Å². The predicted octanol–water partition coefficient (Wildman–Crippen LogP) is 3.96. The molecular weight excluding hydrogens is 357 g/mol. The highest BCUT2D eigenvalue weighted by molar-refractivity contribution is 6.33. The van der Waals surface area contributed by atoms with E-state index >= 15 is 0 Å². The lowest BCUT2D eigenvalue weighted by atomic mass is 10.00. The number of hydrogen-bond donors (Lipinski definition) is 1. The van der Waals surface area contributed by atoms with E-state index in [1.807, 2.05) is 18.2 Å². The minimum Gasteiger partial charge on any atom is -0.493 e. The van der Waals surface area contributed by atoms with Crippen molar-refractivity contribution in [2.24, 2.45) is 0 Å². The Morgan fingerprint density at radius 1 is 1.23 bits per heavy atom. The maximum Gasteiger partial charge on any atom is 0.292 e. The Labute approximate surface area is 154 Å². The third-order valence-corrected chi connectivity index (χ3v) is 4.63. The van der Waals surface area contributed by atoms with Crippen LogP contribution in [0.4, 0.5) is 10.1 Å². The van der Waals surface area contributed by atoms with E-state index in [1.54, 1.807) is 18.2 Å². The van der Waals surface area contributed by atoms with Gasteiger partial charge in [0.25, 0.3) is 5.56 Å².